The lowest BCUT2D eigenvalue weighted by Gasteiger charge is -2.26. The number of hydrogen-bond acceptors (Lipinski definition) is 3. The molecule has 0 bridgehead atoms. The van der Waals surface area contributed by atoms with Crippen LogP contribution in [0.4, 0.5) is 0 Å². The average Bonchev–Trinajstić information content (AvgIpc) is 2.42. The number of rotatable bonds is 5. The first-order valence-corrected chi connectivity index (χ1v) is 7.69. The summed E-state index contributed by atoms with van der Waals surface area (Å²) in [6, 6.07) is 8.22. The van der Waals surface area contributed by atoms with Crippen molar-refractivity contribution in [1.29, 1.82) is 0 Å². The van der Waals surface area contributed by atoms with Crippen molar-refractivity contribution in [3.63, 3.8) is 0 Å². The SMILES string of the molecule is CC(C)(C)NC(=O)CCNCC1CCOc2ccccc21. The number of benzene rings is 1. The molecule has 2 N–H and O–H groups in total. The van der Waals surface area contributed by atoms with Crippen molar-refractivity contribution >= 4 is 5.91 Å². The molecule has 1 aromatic carbocycles. The van der Waals surface area contributed by atoms with Crippen LogP contribution in [0.1, 0.15) is 45.1 Å². The van der Waals surface area contributed by atoms with Gasteiger partial charge in [-0.05, 0) is 38.8 Å². The highest BCUT2D eigenvalue weighted by molar-refractivity contribution is 5.76. The normalized spacial score (nSPS) is 17.8. The van der Waals surface area contributed by atoms with Crippen LogP contribution in [0.3, 0.4) is 0 Å². The van der Waals surface area contributed by atoms with Crippen LogP contribution in [-0.2, 0) is 4.79 Å². The van der Waals surface area contributed by atoms with Crippen LogP contribution >= 0.6 is 0 Å². The van der Waals surface area contributed by atoms with Crippen molar-refractivity contribution in [3.8, 4) is 5.75 Å². The molecule has 1 heterocycles. The molecule has 1 atom stereocenters. The summed E-state index contributed by atoms with van der Waals surface area (Å²) in [6.07, 6.45) is 1.54. The van der Waals surface area contributed by atoms with E-state index < -0.39 is 0 Å². The second kappa shape index (κ2) is 6.94. The Kier molecular flexibility index (Phi) is 5.23. The van der Waals surface area contributed by atoms with E-state index in [1.807, 2.05) is 32.9 Å². The lowest BCUT2D eigenvalue weighted by Crippen LogP contribution is -2.41. The number of carbonyl (C=O) groups is 1. The Labute approximate surface area is 127 Å². The number of nitrogens with one attached hydrogen (secondary N) is 2. The predicted octanol–water partition coefficient (Wildman–Crippen LogP) is 2.45. The van der Waals surface area contributed by atoms with E-state index in [-0.39, 0.29) is 11.4 Å². The summed E-state index contributed by atoms with van der Waals surface area (Å²) >= 11 is 0. The number of para-hydroxylation sites is 1. The van der Waals surface area contributed by atoms with E-state index in [0.29, 0.717) is 18.9 Å². The van der Waals surface area contributed by atoms with E-state index in [4.69, 9.17) is 4.74 Å². The van der Waals surface area contributed by atoms with Gasteiger partial charge in [0.1, 0.15) is 5.75 Å². The Hall–Kier alpha value is -1.55. The summed E-state index contributed by atoms with van der Waals surface area (Å²) in [7, 11) is 0. The lowest BCUT2D eigenvalue weighted by molar-refractivity contribution is -0.122. The number of fused-ring (bicyclic) bond motifs is 1. The topological polar surface area (TPSA) is 50.4 Å². The Balaban J connectivity index is 1.74. The van der Waals surface area contributed by atoms with E-state index >= 15 is 0 Å². The van der Waals surface area contributed by atoms with Gasteiger partial charge in [-0.15, -0.1) is 0 Å². The third-order valence-electron chi connectivity index (χ3n) is 3.52. The molecule has 1 amide bonds. The van der Waals surface area contributed by atoms with Gasteiger partial charge in [0, 0.05) is 31.0 Å². The maximum Gasteiger partial charge on any atom is 0.221 e. The van der Waals surface area contributed by atoms with Crippen LogP contribution in [0.5, 0.6) is 5.75 Å². The zero-order valence-corrected chi connectivity index (χ0v) is 13.2. The molecule has 0 aromatic heterocycles. The third-order valence-corrected chi connectivity index (χ3v) is 3.52. The summed E-state index contributed by atoms with van der Waals surface area (Å²) in [5.74, 6) is 1.57. The molecule has 0 aliphatic carbocycles. The summed E-state index contributed by atoms with van der Waals surface area (Å²) < 4.78 is 5.66. The standard InChI is InChI=1S/C17H26N2O2/c1-17(2,3)19-16(20)8-10-18-12-13-9-11-21-15-7-5-4-6-14(13)15/h4-7,13,18H,8-12H2,1-3H3,(H,19,20). The molecule has 0 spiro atoms. The van der Waals surface area contributed by atoms with Gasteiger partial charge in [-0.2, -0.15) is 0 Å². The van der Waals surface area contributed by atoms with Gasteiger partial charge >= 0.3 is 0 Å². The van der Waals surface area contributed by atoms with Crippen LogP contribution in [-0.4, -0.2) is 31.1 Å². The Morgan fingerprint density at radius 3 is 2.86 bits per heavy atom. The van der Waals surface area contributed by atoms with Crippen molar-refractivity contribution in [2.24, 2.45) is 0 Å². The molecule has 1 aromatic rings. The molecule has 1 aliphatic heterocycles. The average molecular weight is 290 g/mol. The summed E-state index contributed by atoms with van der Waals surface area (Å²) in [4.78, 5) is 11.7. The van der Waals surface area contributed by atoms with Gasteiger partial charge in [0.05, 0.1) is 6.61 Å². The monoisotopic (exact) mass is 290 g/mol. The third kappa shape index (κ3) is 5.05. The van der Waals surface area contributed by atoms with Gasteiger partial charge < -0.3 is 15.4 Å². The Bertz CT molecular complexity index is 480. The molecule has 4 nitrogen and oxygen atoms in total. The van der Waals surface area contributed by atoms with Gasteiger partial charge in [-0.25, -0.2) is 0 Å². The summed E-state index contributed by atoms with van der Waals surface area (Å²) in [5.41, 5.74) is 1.12. The largest absolute Gasteiger partial charge is 0.493 e. The van der Waals surface area contributed by atoms with Crippen LogP contribution < -0.4 is 15.4 Å². The fourth-order valence-electron chi connectivity index (χ4n) is 2.59. The maximum atomic E-state index is 11.7. The first kappa shape index (κ1) is 15.8. The van der Waals surface area contributed by atoms with Crippen LogP contribution in [0.25, 0.3) is 0 Å². The molecule has 2 rings (SSSR count). The van der Waals surface area contributed by atoms with E-state index in [1.54, 1.807) is 0 Å². The zero-order chi connectivity index (χ0) is 15.3. The quantitative estimate of drug-likeness (QED) is 0.819. The molecule has 0 radical (unpaired) electrons. The van der Waals surface area contributed by atoms with E-state index in [2.05, 4.69) is 22.8 Å². The number of ether oxygens (including phenoxy) is 1. The van der Waals surface area contributed by atoms with Gasteiger partial charge in [0.2, 0.25) is 5.91 Å². The van der Waals surface area contributed by atoms with Crippen molar-refractivity contribution < 1.29 is 9.53 Å². The predicted molar refractivity (Wildman–Crippen MR) is 84.7 cm³/mol. The molecule has 0 saturated heterocycles. The molecule has 1 unspecified atom stereocenters. The van der Waals surface area contributed by atoms with Crippen molar-refractivity contribution in [3.05, 3.63) is 29.8 Å². The Morgan fingerprint density at radius 1 is 1.33 bits per heavy atom. The molecule has 1 aliphatic rings. The van der Waals surface area contributed by atoms with E-state index in [0.717, 1.165) is 25.3 Å². The zero-order valence-electron chi connectivity index (χ0n) is 13.2. The first-order chi connectivity index (χ1) is 9.96. The van der Waals surface area contributed by atoms with Gasteiger partial charge in [0.25, 0.3) is 0 Å². The molecule has 4 heteroatoms. The number of carbonyl (C=O) groups excluding carboxylic acids is 1. The smallest absolute Gasteiger partial charge is 0.221 e. The second-order valence-electron chi connectivity index (χ2n) is 6.62. The summed E-state index contributed by atoms with van der Waals surface area (Å²) in [6.45, 7) is 8.37. The second-order valence-corrected chi connectivity index (χ2v) is 6.62. The Morgan fingerprint density at radius 2 is 2.10 bits per heavy atom. The molecule has 21 heavy (non-hydrogen) atoms. The van der Waals surface area contributed by atoms with Crippen molar-refractivity contribution in [2.75, 3.05) is 19.7 Å². The van der Waals surface area contributed by atoms with Gasteiger partial charge in [-0.3, -0.25) is 4.79 Å². The highest BCUT2D eigenvalue weighted by Crippen LogP contribution is 2.32. The summed E-state index contributed by atoms with van der Waals surface area (Å²) in [5, 5.41) is 6.37. The van der Waals surface area contributed by atoms with Crippen molar-refractivity contribution in [1.82, 2.24) is 10.6 Å². The van der Waals surface area contributed by atoms with Crippen LogP contribution in [0.2, 0.25) is 0 Å². The minimum atomic E-state index is -0.156. The molecule has 0 fully saturated rings. The van der Waals surface area contributed by atoms with Crippen LogP contribution in [0.15, 0.2) is 24.3 Å². The van der Waals surface area contributed by atoms with Crippen LogP contribution in [0, 0.1) is 0 Å². The highest BCUT2D eigenvalue weighted by Gasteiger charge is 2.20. The van der Waals surface area contributed by atoms with E-state index in [9.17, 15) is 4.79 Å². The fourth-order valence-corrected chi connectivity index (χ4v) is 2.59. The lowest BCUT2D eigenvalue weighted by atomic mass is 9.93. The number of hydrogen-bond donors (Lipinski definition) is 2. The van der Waals surface area contributed by atoms with Gasteiger partial charge in [0.15, 0.2) is 0 Å². The van der Waals surface area contributed by atoms with Gasteiger partial charge in [-0.1, -0.05) is 18.2 Å². The fraction of sp³-hybridized carbons (Fsp3) is 0.588. The molecular formula is C17H26N2O2. The molecule has 0 saturated carbocycles. The minimum Gasteiger partial charge on any atom is -0.493 e. The van der Waals surface area contributed by atoms with E-state index in [1.165, 1.54) is 5.56 Å². The number of amides is 1. The maximum absolute atomic E-state index is 11.7. The minimum absolute atomic E-state index is 0.0994. The highest BCUT2D eigenvalue weighted by atomic mass is 16.5. The first-order valence-electron chi connectivity index (χ1n) is 7.69. The van der Waals surface area contributed by atoms with Crippen molar-refractivity contribution in [2.45, 2.75) is 45.1 Å². The molecular weight excluding hydrogens is 264 g/mol. The molecule has 116 valence electrons.